The summed E-state index contributed by atoms with van der Waals surface area (Å²) in [6.45, 7) is 8.51. The van der Waals surface area contributed by atoms with Crippen LogP contribution in [0.5, 0.6) is 0 Å². The Morgan fingerprint density at radius 3 is 2.50 bits per heavy atom. The number of nitrogen functional groups attached to an aromatic ring is 1. The highest BCUT2D eigenvalue weighted by molar-refractivity contribution is 5.53. The Morgan fingerprint density at radius 1 is 1.36 bits per heavy atom. The molecule has 0 radical (unpaired) electrons. The van der Waals surface area contributed by atoms with E-state index in [1.54, 1.807) is 6.20 Å². The van der Waals surface area contributed by atoms with Crippen molar-refractivity contribution in [2.75, 3.05) is 5.73 Å². The standard InChI is InChI=1S/C12H18N2/c1-9-7-10(13)8-14-11(9)5-6-12(2,3)4/h5-8H,13H2,1-4H3/b6-5+. The van der Waals surface area contributed by atoms with Gasteiger partial charge in [0.1, 0.15) is 0 Å². The number of aryl methyl sites for hydroxylation is 1. The Kier molecular flexibility index (Phi) is 2.94. The first-order valence-corrected chi connectivity index (χ1v) is 4.80. The van der Waals surface area contributed by atoms with Crippen LogP contribution in [0.1, 0.15) is 32.0 Å². The maximum atomic E-state index is 5.62. The van der Waals surface area contributed by atoms with E-state index in [0.717, 1.165) is 16.9 Å². The molecule has 1 aromatic rings. The van der Waals surface area contributed by atoms with E-state index in [0.29, 0.717) is 0 Å². The third-order valence-corrected chi connectivity index (χ3v) is 1.88. The molecule has 2 N–H and O–H groups in total. The molecule has 0 aliphatic rings. The predicted molar refractivity (Wildman–Crippen MR) is 61.9 cm³/mol. The first-order chi connectivity index (χ1) is 6.38. The largest absolute Gasteiger partial charge is 0.397 e. The predicted octanol–water partition coefficient (Wildman–Crippen LogP) is 3.03. The first-order valence-electron chi connectivity index (χ1n) is 4.80. The lowest BCUT2D eigenvalue weighted by Gasteiger charge is -2.11. The number of allylic oxidation sites excluding steroid dienone is 1. The maximum absolute atomic E-state index is 5.62. The highest BCUT2D eigenvalue weighted by atomic mass is 14.7. The Hall–Kier alpha value is -1.31. The van der Waals surface area contributed by atoms with Crippen LogP contribution in [0.25, 0.3) is 6.08 Å². The minimum atomic E-state index is 0.190. The molecule has 1 aromatic heterocycles. The molecule has 2 nitrogen and oxygen atoms in total. The molecule has 0 saturated heterocycles. The molecule has 1 rings (SSSR count). The van der Waals surface area contributed by atoms with Crippen LogP contribution in [0.4, 0.5) is 5.69 Å². The lowest BCUT2D eigenvalue weighted by Crippen LogP contribution is -1.99. The van der Waals surface area contributed by atoms with E-state index in [1.807, 2.05) is 13.0 Å². The monoisotopic (exact) mass is 190 g/mol. The molecular weight excluding hydrogens is 172 g/mol. The van der Waals surface area contributed by atoms with E-state index in [1.165, 1.54) is 0 Å². The molecule has 0 unspecified atom stereocenters. The molecule has 0 spiro atoms. The van der Waals surface area contributed by atoms with E-state index in [4.69, 9.17) is 5.73 Å². The Labute approximate surface area is 85.9 Å². The molecule has 1 heterocycles. The molecule has 0 atom stereocenters. The first kappa shape index (κ1) is 10.8. The van der Waals surface area contributed by atoms with E-state index in [2.05, 4.69) is 37.9 Å². The van der Waals surface area contributed by atoms with Gasteiger partial charge in [0.2, 0.25) is 0 Å². The van der Waals surface area contributed by atoms with Crippen LogP contribution < -0.4 is 5.73 Å². The second-order valence-corrected chi connectivity index (χ2v) is 4.67. The molecule has 2 heteroatoms. The van der Waals surface area contributed by atoms with Gasteiger partial charge in [-0.15, -0.1) is 0 Å². The minimum Gasteiger partial charge on any atom is -0.397 e. The van der Waals surface area contributed by atoms with E-state index < -0.39 is 0 Å². The zero-order chi connectivity index (χ0) is 10.8. The lowest BCUT2D eigenvalue weighted by atomic mass is 9.95. The summed E-state index contributed by atoms with van der Waals surface area (Å²) in [4.78, 5) is 4.27. The minimum absolute atomic E-state index is 0.190. The van der Waals surface area contributed by atoms with Crippen LogP contribution in [-0.4, -0.2) is 4.98 Å². The van der Waals surface area contributed by atoms with Gasteiger partial charge in [0.25, 0.3) is 0 Å². The van der Waals surface area contributed by atoms with Gasteiger partial charge in [-0.3, -0.25) is 4.98 Å². The molecule has 14 heavy (non-hydrogen) atoms. The highest BCUT2D eigenvalue weighted by Gasteiger charge is 2.04. The van der Waals surface area contributed by atoms with Gasteiger partial charge in [0, 0.05) is 0 Å². The number of hydrogen-bond acceptors (Lipinski definition) is 2. The molecule has 0 bridgehead atoms. The fourth-order valence-electron chi connectivity index (χ4n) is 1.11. The van der Waals surface area contributed by atoms with Gasteiger partial charge in [-0.2, -0.15) is 0 Å². The number of aromatic nitrogens is 1. The summed E-state index contributed by atoms with van der Waals surface area (Å²) in [5.74, 6) is 0. The van der Waals surface area contributed by atoms with Crippen LogP contribution in [0, 0.1) is 12.3 Å². The zero-order valence-corrected chi connectivity index (χ0v) is 9.33. The number of nitrogens with zero attached hydrogens (tertiary/aromatic N) is 1. The second-order valence-electron chi connectivity index (χ2n) is 4.67. The van der Waals surface area contributed by atoms with E-state index in [9.17, 15) is 0 Å². The van der Waals surface area contributed by atoms with Gasteiger partial charge in [0.15, 0.2) is 0 Å². The van der Waals surface area contributed by atoms with Crippen LogP contribution in [0.3, 0.4) is 0 Å². The Morgan fingerprint density at radius 2 is 2.00 bits per heavy atom. The van der Waals surface area contributed by atoms with Crippen molar-refractivity contribution in [2.45, 2.75) is 27.7 Å². The van der Waals surface area contributed by atoms with Crippen molar-refractivity contribution in [2.24, 2.45) is 5.41 Å². The lowest BCUT2D eigenvalue weighted by molar-refractivity contribution is 0.547. The SMILES string of the molecule is Cc1cc(N)cnc1/C=C/C(C)(C)C. The fourth-order valence-corrected chi connectivity index (χ4v) is 1.11. The van der Waals surface area contributed by atoms with Crippen LogP contribution in [0.2, 0.25) is 0 Å². The summed E-state index contributed by atoms with van der Waals surface area (Å²) in [7, 11) is 0. The molecule has 0 fully saturated rings. The molecule has 0 amide bonds. The molecule has 0 aliphatic heterocycles. The van der Waals surface area contributed by atoms with E-state index >= 15 is 0 Å². The quantitative estimate of drug-likeness (QED) is 0.739. The summed E-state index contributed by atoms with van der Waals surface area (Å²) >= 11 is 0. The van der Waals surface area contributed by atoms with Crippen molar-refractivity contribution >= 4 is 11.8 Å². The van der Waals surface area contributed by atoms with Gasteiger partial charge in [-0.1, -0.05) is 26.8 Å². The van der Waals surface area contributed by atoms with Crippen LogP contribution >= 0.6 is 0 Å². The summed E-state index contributed by atoms with van der Waals surface area (Å²) < 4.78 is 0. The summed E-state index contributed by atoms with van der Waals surface area (Å²) in [6, 6.07) is 1.94. The van der Waals surface area contributed by atoms with Gasteiger partial charge in [0.05, 0.1) is 17.6 Å². The normalized spacial score (nSPS) is 12.3. The molecule has 0 aliphatic carbocycles. The number of anilines is 1. The number of pyridine rings is 1. The number of rotatable bonds is 1. The third kappa shape index (κ3) is 3.21. The second kappa shape index (κ2) is 3.82. The van der Waals surface area contributed by atoms with Crippen molar-refractivity contribution in [3.63, 3.8) is 0 Å². The number of hydrogen-bond donors (Lipinski definition) is 1. The van der Waals surface area contributed by atoms with Crippen molar-refractivity contribution in [1.29, 1.82) is 0 Å². The zero-order valence-electron chi connectivity index (χ0n) is 9.33. The number of nitrogens with two attached hydrogens (primary N) is 1. The average Bonchev–Trinajstić information content (AvgIpc) is 2.00. The maximum Gasteiger partial charge on any atom is 0.0657 e. The van der Waals surface area contributed by atoms with Crippen LogP contribution in [-0.2, 0) is 0 Å². The van der Waals surface area contributed by atoms with Crippen molar-refractivity contribution in [1.82, 2.24) is 4.98 Å². The molecule has 76 valence electrons. The van der Waals surface area contributed by atoms with Gasteiger partial charge in [-0.05, 0) is 30.0 Å². The topological polar surface area (TPSA) is 38.9 Å². The average molecular weight is 190 g/mol. The van der Waals surface area contributed by atoms with Gasteiger partial charge < -0.3 is 5.73 Å². The Bertz CT molecular complexity index is 346. The Balaban J connectivity index is 2.93. The highest BCUT2D eigenvalue weighted by Crippen LogP contribution is 2.18. The van der Waals surface area contributed by atoms with Crippen LogP contribution in [0.15, 0.2) is 18.3 Å². The van der Waals surface area contributed by atoms with Crippen molar-refractivity contribution in [3.05, 3.63) is 29.6 Å². The van der Waals surface area contributed by atoms with Gasteiger partial charge in [-0.25, -0.2) is 0 Å². The summed E-state index contributed by atoms with van der Waals surface area (Å²) in [5.41, 5.74) is 8.64. The smallest absolute Gasteiger partial charge is 0.0657 e. The van der Waals surface area contributed by atoms with E-state index in [-0.39, 0.29) is 5.41 Å². The fraction of sp³-hybridized carbons (Fsp3) is 0.417. The third-order valence-electron chi connectivity index (χ3n) is 1.88. The van der Waals surface area contributed by atoms with Crippen molar-refractivity contribution < 1.29 is 0 Å². The summed E-state index contributed by atoms with van der Waals surface area (Å²) in [6.07, 6.45) is 5.89. The van der Waals surface area contributed by atoms with Crippen molar-refractivity contribution in [3.8, 4) is 0 Å². The summed E-state index contributed by atoms with van der Waals surface area (Å²) in [5, 5.41) is 0. The van der Waals surface area contributed by atoms with Gasteiger partial charge >= 0.3 is 0 Å². The molecule has 0 aromatic carbocycles. The molecule has 0 saturated carbocycles. The molecular formula is C12H18N2.